The Morgan fingerprint density at radius 1 is 1.24 bits per heavy atom. The standard InChI is InChI=1S/C15H14Cl2N2O2/c1-9-12(15(20)19-7-2-3-8-19)14(18-21-9)13-10(16)5-4-6-11(13)17/h4-6H,2-3,7-8H2,1H3. The number of aromatic nitrogens is 1. The first-order valence-electron chi connectivity index (χ1n) is 6.79. The van der Waals surface area contributed by atoms with Gasteiger partial charge in [-0.15, -0.1) is 0 Å². The number of nitrogens with zero attached hydrogens (tertiary/aromatic N) is 2. The van der Waals surface area contributed by atoms with Crippen molar-refractivity contribution in [2.24, 2.45) is 0 Å². The molecule has 0 unspecified atom stereocenters. The summed E-state index contributed by atoms with van der Waals surface area (Å²) in [5.74, 6) is 0.412. The summed E-state index contributed by atoms with van der Waals surface area (Å²) in [7, 11) is 0. The second-order valence-electron chi connectivity index (χ2n) is 5.06. The molecule has 2 heterocycles. The van der Waals surface area contributed by atoms with E-state index in [4.69, 9.17) is 27.7 Å². The number of rotatable bonds is 2. The summed E-state index contributed by atoms with van der Waals surface area (Å²) >= 11 is 12.4. The number of carbonyl (C=O) groups excluding carboxylic acids is 1. The molecule has 1 saturated heterocycles. The van der Waals surface area contributed by atoms with Gasteiger partial charge in [-0.3, -0.25) is 4.79 Å². The van der Waals surface area contributed by atoms with Crippen molar-refractivity contribution in [3.8, 4) is 11.3 Å². The molecule has 0 radical (unpaired) electrons. The Hall–Kier alpha value is -1.52. The summed E-state index contributed by atoms with van der Waals surface area (Å²) in [5, 5.41) is 4.91. The van der Waals surface area contributed by atoms with Crippen LogP contribution in [0.25, 0.3) is 11.3 Å². The minimum atomic E-state index is -0.0720. The quantitative estimate of drug-likeness (QED) is 0.831. The van der Waals surface area contributed by atoms with Crippen molar-refractivity contribution in [3.63, 3.8) is 0 Å². The number of hydrogen-bond acceptors (Lipinski definition) is 3. The molecule has 0 bridgehead atoms. The molecule has 1 amide bonds. The van der Waals surface area contributed by atoms with E-state index in [0.717, 1.165) is 25.9 Å². The Bertz CT molecular complexity index is 671. The largest absolute Gasteiger partial charge is 0.360 e. The summed E-state index contributed by atoms with van der Waals surface area (Å²) in [5.41, 5.74) is 1.41. The van der Waals surface area contributed by atoms with Crippen molar-refractivity contribution < 1.29 is 9.32 Å². The lowest BCUT2D eigenvalue weighted by Crippen LogP contribution is -2.28. The lowest BCUT2D eigenvalue weighted by atomic mass is 10.0. The van der Waals surface area contributed by atoms with Gasteiger partial charge in [0.15, 0.2) is 0 Å². The van der Waals surface area contributed by atoms with Gasteiger partial charge in [-0.1, -0.05) is 34.4 Å². The SMILES string of the molecule is Cc1onc(-c2c(Cl)cccc2Cl)c1C(=O)N1CCCC1. The molecule has 21 heavy (non-hydrogen) atoms. The molecule has 4 nitrogen and oxygen atoms in total. The van der Waals surface area contributed by atoms with Crippen molar-refractivity contribution >= 4 is 29.1 Å². The van der Waals surface area contributed by atoms with Crippen LogP contribution in [-0.2, 0) is 0 Å². The van der Waals surface area contributed by atoms with Crippen LogP contribution >= 0.6 is 23.2 Å². The van der Waals surface area contributed by atoms with Crippen LogP contribution in [0.3, 0.4) is 0 Å². The molecule has 1 fully saturated rings. The number of amides is 1. The molecule has 0 spiro atoms. The van der Waals surface area contributed by atoms with Crippen LogP contribution in [0.2, 0.25) is 10.0 Å². The van der Waals surface area contributed by atoms with Gasteiger partial charge >= 0.3 is 0 Å². The highest BCUT2D eigenvalue weighted by atomic mass is 35.5. The molecule has 0 aliphatic carbocycles. The first-order chi connectivity index (χ1) is 10.1. The second-order valence-corrected chi connectivity index (χ2v) is 5.87. The highest BCUT2D eigenvalue weighted by Crippen LogP contribution is 2.37. The van der Waals surface area contributed by atoms with Gasteiger partial charge < -0.3 is 9.42 Å². The molecule has 0 N–H and O–H groups in total. The average Bonchev–Trinajstić information content (AvgIpc) is 3.08. The maximum Gasteiger partial charge on any atom is 0.259 e. The molecule has 1 aromatic heterocycles. The van der Waals surface area contributed by atoms with E-state index in [9.17, 15) is 4.79 Å². The van der Waals surface area contributed by atoms with Crippen molar-refractivity contribution in [2.45, 2.75) is 19.8 Å². The molecule has 2 aromatic rings. The van der Waals surface area contributed by atoms with Crippen LogP contribution in [0.1, 0.15) is 29.0 Å². The predicted molar refractivity (Wildman–Crippen MR) is 81.8 cm³/mol. The lowest BCUT2D eigenvalue weighted by molar-refractivity contribution is 0.0791. The van der Waals surface area contributed by atoms with E-state index in [2.05, 4.69) is 5.16 Å². The molecular weight excluding hydrogens is 311 g/mol. The molecule has 1 aliphatic rings. The van der Waals surface area contributed by atoms with Gasteiger partial charge in [-0.2, -0.15) is 0 Å². The first kappa shape index (κ1) is 14.4. The Kier molecular flexibility index (Phi) is 3.91. The van der Waals surface area contributed by atoms with Gasteiger partial charge in [-0.25, -0.2) is 0 Å². The molecule has 0 saturated carbocycles. The van der Waals surface area contributed by atoms with Crippen molar-refractivity contribution in [1.82, 2.24) is 10.1 Å². The lowest BCUT2D eigenvalue weighted by Gasteiger charge is -2.15. The zero-order valence-electron chi connectivity index (χ0n) is 11.5. The summed E-state index contributed by atoms with van der Waals surface area (Å²) in [6.07, 6.45) is 2.05. The zero-order valence-corrected chi connectivity index (χ0v) is 13.0. The van der Waals surface area contributed by atoms with Gasteiger partial charge in [0.1, 0.15) is 17.0 Å². The Morgan fingerprint density at radius 3 is 2.48 bits per heavy atom. The molecule has 0 atom stereocenters. The third-order valence-corrected chi connectivity index (χ3v) is 4.30. The maximum absolute atomic E-state index is 12.7. The van der Waals surface area contributed by atoms with E-state index >= 15 is 0 Å². The summed E-state index contributed by atoms with van der Waals surface area (Å²) in [6, 6.07) is 5.19. The fraction of sp³-hybridized carbons (Fsp3) is 0.333. The Morgan fingerprint density at radius 2 is 1.86 bits per heavy atom. The van der Waals surface area contributed by atoms with E-state index in [0.29, 0.717) is 32.6 Å². The summed E-state index contributed by atoms with van der Waals surface area (Å²) in [4.78, 5) is 14.5. The highest BCUT2D eigenvalue weighted by Gasteiger charge is 2.29. The number of likely N-dealkylation sites (tertiary alicyclic amines) is 1. The van der Waals surface area contributed by atoms with E-state index in [-0.39, 0.29) is 5.91 Å². The molecule has 3 rings (SSSR count). The van der Waals surface area contributed by atoms with Crippen LogP contribution in [0.15, 0.2) is 22.7 Å². The topological polar surface area (TPSA) is 46.3 Å². The molecule has 6 heteroatoms. The molecule has 110 valence electrons. The third kappa shape index (κ3) is 2.54. The van der Waals surface area contributed by atoms with Crippen molar-refractivity contribution in [3.05, 3.63) is 39.6 Å². The van der Waals surface area contributed by atoms with Crippen LogP contribution < -0.4 is 0 Å². The number of aryl methyl sites for hydroxylation is 1. The summed E-state index contributed by atoms with van der Waals surface area (Å²) < 4.78 is 5.23. The number of halogens is 2. The van der Waals surface area contributed by atoms with Gasteiger partial charge in [-0.05, 0) is 31.9 Å². The van der Waals surface area contributed by atoms with E-state index in [1.165, 1.54) is 0 Å². The van der Waals surface area contributed by atoms with Crippen LogP contribution in [0.4, 0.5) is 0 Å². The van der Waals surface area contributed by atoms with Crippen LogP contribution in [-0.4, -0.2) is 29.1 Å². The fourth-order valence-electron chi connectivity index (χ4n) is 2.60. The van der Waals surface area contributed by atoms with Gasteiger partial charge in [0.25, 0.3) is 5.91 Å². The fourth-order valence-corrected chi connectivity index (χ4v) is 3.17. The molecule has 1 aromatic carbocycles. The second kappa shape index (κ2) is 5.70. The zero-order chi connectivity index (χ0) is 15.0. The van der Waals surface area contributed by atoms with Crippen LogP contribution in [0.5, 0.6) is 0 Å². The van der Waals surface area contributed by atoms with Gasteiger partial charge in [0, 0.05) is 18.7 Å². The van der Waals surface area contributed by atoms with Gasteiger partial charge in [0.05, 0.1) is 10.0 Å². The molecule has 1 aliphatic heterocycles. The number of benzene rings is 1. The first-order valence-corrected chi connectivity index (χ1v) is 7.55. The number of hydrogen-bond donors (Lipinski definition) is 0. The summed E-state index contributed by atoms with van der Waals surface area (Å²) in [6.45, 7) is 3.25. The van der Waals surface area contributed by atoms with Gasteiger partial charge in [0.2, 0.25) is 0 Å². The number of carbonyl (C=O) groups is 1. The minimum absolute atomic E-state index is 0.0720. The highest BCUT2D eigenvalue weighted by molar-refractivity contribution is 6.39. The predicted octanol–water partition coefficient (Wildman–Crippen LogP) is 4.19. The Balaban J connectivity index is 2.11. The minimum Gasteiger partial charge on any atom is -0.360 e. The van der Waals surface area contributed by atoms with Crippen molar-refractivity contribution in [1.29, 1.82) is 0 Å². The average molecular weight is 325 g/mol. The molecular formula is C15H14Cl2N2O2. The third-order valence-electron chi connectivity index (χ3n) is 3.67. The monoisotopic (exact) mass is 324 g/mol. The van der Waals surface area contributed by atoms with E-state index in [1.54, 1.807) is 25.1 Å². The van der Waals surface area contributed by atoms with Crippen LogP contribution in [0, 0.1) is 6.92 Å². The Labute approximate surface area is 132 Å². The normalized spacial score (nSPS) is 14.7. The van der Waals surface area contributed by atoms with E-state index in [1.807, 2.05) is 4.90 Å². The maximum atomic E-state index is 12.7. The van der Waals surface area contributed by atoms with Crippen molar-refractivity contribution in [2.75, 3.05) is 13.1 Å². The smallest absolute Gasteiger partial charge is 0.259 e. The van der Waals surface area contributed by atoms with E-state index < -0.39 is 0 Å².